The van der Waals surface area contributed by atoms with Crippen LogP contribution < -0.4 is 49.3 Å². The topological polar surface area (TPSA) is 450 Å². The number of aliphatic hydroxyl groups is 1. The highest BCUT2D eigenvalue weighted by Gasteiger charge is 2.28. The van der Waals surface area contributed by atoms with Crippen molar-refractivity contribution in [3.63, 3.8) is 0 Å². The molecule has 10 aromatic heterocycles. The van der Waals surface area contributed by atoms with E-state index in [2.05, 4.69) is 123 Å². The second-order valence-corrected chi connectivity index (χ2v) is 32.9. The van der Waals surface area contributed by atoms with Gasteiger partial charge in [0.15, 0.2) is 11.6 Å². The lowest BCUT2D eigenvalue weighted by atomic mass is 9.88. The molecule has 34 heteroatoms. The smallest absolute Gasteiger partial charge is 0.323 e. The summed E-state index contributed by atoms with van der Waals surface area (Å²) >= 11 is 0. The third-order valence-corrected chi connectivity index (χ3v) is 23.9. The average Bonchev–Trinajstić information content (AvgIpc) is 1.62. The van der Waals surface area contributed by atoms with Gasteiger partial charge in [-0.25, -0.2) is 49.1 Å². The van der Waals surface area contributed by atoms with Crippen molar-refractivity contribution in [3.8, 4) is 40.0 Å². The van der Waals surface area contributed by atoms with Crippen molar-refractivity contribution in [2.75, 3.05) is 31.8 Å². The SMILES string of the molecule is C=C1Nc2ccc(-n3c(CO)nc4ccccc43)cc2N1.CCC(=O)c1cccc2c1nc(C(C)C)n2-c1ccc2[nH]c(=O)[nH]c2c1.CNC(=O)c1ccc2c(c1)nc(-c1cn(C)cn1)n2-c1ccc2[nH]c(=O)[nH]c2c1.CNC(=O)c1ccc2c(c1)nc(C1=CCC=C1)n2-c1ccc2[nH]c(=O)[nH]c2c1.CNC(=O)c1ccc2c(c1)nc(C1CCCCC1)n2-c1ccc2[nH]c(=O)[nH]c2c1. The van der Waals surface area contributed by atoms with Crippen LogP contribution in [0.25, 0.3) is 145 Å². The molecule has 1 saturated carbocycles. The van der Waals surface area contributed by atoms with E-state index in [1.54, 1.807) is 51.7 Å². The number of aromatic amines is 8. The Kier molecular flexibility index (Phi) is 22.7. The Morgan fingerprint density at radius 3 is 1.44 bits per heavy atom. The van der Waals surface area contributed by atoms with E-state index in [9.17, 15) is 43.5 Å². The molecule has 0 bridgehead atoms. The average molecular weight is 1770 g/mol. The van der Waals surface area contributed by atoms with E-state index in [4.69, 9.17) is 19.9 Å². The quantitative estimate of drug-likeness (QED) is 0.0424. The Bertz CT molecular complexity index is 8390. The van der Waals surface area contributed by atoms with Gasteiger partial charge in [0, 0.05) is 109 Å². The van der Waals surface area contributed by atoms with Gasteiger partial charge in [-0.3, -0.25) is 42.0 Å². The molecule has 1 aliphatic heterocycles. The number of aryl methyl sites for hydroxylation is 1. The number of hydrogen-bond acceptors (Lipinski definition) is 17. The van der Waals surface area contributed by atoms with Crippen molar-refractivity contribution in [3.05, 3.63) is 319 Å². The number of anilines is 2. The van der Waals surface area contributed by atoms with Gasteiger partial charge in [-0.05, 0) is 189 Å². The number of nitrogens with one attached hydrogen (secondary N) is 13. The number of para-hydroxylation sites is 3. The summed E-state index contributed by atoms with van der Waals surface area (Å²) in [6, 6.07) is 59.1. The van der Waals surface area contributed by atoms with E-state index < -0.39 is 0 Å². The van der Waals surface area contributed by atoms with Gasteiger partial charge >= 0.3 is 22.8 Å². The molecule has 10 aromatic carbocycles. The molecule has 3 aliphatic rings. The summed E-state index contributed by atoms with van der Waals surface area (Å²) in [4.78, 5) is 146. The van der Waals surface area contributed by atoms with Crippen LogP contribution in [0, 0.1) is 0 Å². The fourth-order valence-corrected chi connectivity index (χ4v) is 17.6. The molecule has 34 nitrogen and oxygen atoms in total. The number of benzene rings is 10. The number of imidazole rings is 10. The maximum absolute atomic E-state index is 12.3. The zero-order chi connectivity index (χ0) is 92.1. The summed E-state index contributed by atoms with van der Waals surface area (Å²) in [6.07, 6.45) is 17.1. The largest absolute Gasteiger partial charge is 0.388 e. The van der Waals surface area contributed by atoms with Crippen LogP contribution in [0.1, 0.15) is 142 Å². The molecule has 2 aliphatic carbocycles. The first-order valence-electron chi connectivity index (χ1n) is 43.5. The molecule has 0 radical (unpaired) electrons. The zero-order valence-corrected chi connectivity index (χ0v) is 73.4. The fourth-order valence-electron chi connectivity index (χ4n) is 17.6. The molecular weight excluding hydrogens is 1680 g/mol. The number of rotatable bonds is 15. The van der Waals surface area contributed by atoms with Gasteiger partial charge in [0.1, 0.15) is 41.4 Å². The van der Waals surface area contributed by atoms with Crippen LogP contribution in [0.2, 0.25) is 0 Å². The van der Waals surface area contributed by atoms with Gasteiger partial charge in [-0.2, -0.15) is 0 Å². The Hall–Kier alpha value is -17.3. The van der Waals surface area contributed by atoms with Crippen LogP contribution in [-0.2, 0) is 13.7 Å². The predicted molar refractivity (Wildman–Crippen MR) is 516 cm³/mol. The number of carbonyl (C=O) groups excluding carboxylic acids is 4. The molecule has 11 heterocycles. The summed E-state index contributed by atoms with van der Waals surface area (Å²) in [7, 11) is 6.73. The summed E-state index contributed by atoms with van der Waals surface area (Å²) < 4.78 is 12.1. The standard InChI is InChI=1S/C22H23N5O2.C21H17N5O2.C20H17N7O2.C20H20N4O2.C16H14N4O/c1-23-21(28)14-7-10-19-18(11-14)24-20(13-5-3-2-4-6-13)27(19)15-8-9-16-17(12-15)26-22(29)25-16;1-22-20(27)13-6-9-18-17(10-13)23-19(12-4-2-3-5-12)26(18)14-7-8-15-16(11-14)25-21(28)24-15;1-21-19(28)11-3-6-17-15(7-11)23-18(16-9-26(2)10-22-16)27(17)12-4-5-13-14(8-12)25-20(29)24-13;1-4-17(25)13-6-5-7-16-18(13)23-19(11(2)3)24(16)12-8-9-14-15(10-12)22-20(26)21-14;1-10-17-12-7-6-11(8-14(12)18-10)20-15-5-3-2-4-13(15)19-16(20)9-21/h7-13H,2-6H2,1H3,(H,23,28)(H2,25,26,29);2,4-11H,3H2,1H3,(H,22,27)(H2,24,25,28);3-10H,1-2H3,(H,21,28)(H2,24,25,29);5-11H,4H2,1-3H3,(H2,21,22,26);2-8,17-18,21H,1,9H2. The second kappa shape index (κ2) is 35.4. The van der Waals surface area contributed by atoms with Gasteiger partial charge in [-0.15, -0.1) is 0 Å². The summed E-state index contributed by atoms with van der Waals surface area (Å²) in [5, 5.41) is 23.9. The van der Waals surface area contributed by atoms with E-state index in [0.29, 0.717) is 63.0 Å². The zero-order valence-electron chi connectivity index (χ0n) is 73.4. The molecule has 20 aromatic rings. The Labute approximate surface area is 754 Å². The van der Waals surface area contributed by atoms with Gasteiger partial charge < -0.3 is 76.1 Å². The number of hydrogen-bond donors (Lipinski definition) is 14. The summed E-state index contributed by atoms with van der Waals surface area (Å²) in [5.41, 5.74) is 24.0. The third-order valence-electron chi connectivity index (χ3n) is 23.9. The molecule has 0 saturated heterocycles. The van der Waals surface area contributed by atoms with Crippen molar-refractivity contribution in [1.29, 1.82) is 0 Å². The highest BCUT2D eigenvalue weighted by atomic mass is 16.3. The van der Waals surface area contributed by atoms with Crippen LogP contribution in [0.15, 0.2) is 250 Å². The van der Waals surface area contributed by atoms with E-state index in [1.807, 2.05) is 204 Å². The molecular formula is C99H91N25O9. The normalized spacial score (nSPS) is 13.0. The number of aromatic nitrogens is 20. The lowest BCUT2D eigenvalue weighted by molar-refractivity contribution is 0.0955. The Morgan fingerprint density at radius 1 is 0.474 bits per heavy atom. The lowest BCUT2D eigenvalue weighted by Gasteiger charge is -2.22. The number of allylic oxidation sites excluding steroid dienone is 4. The maximum atomic E-state index is 12.3. The van der Waals surface area contributed by atoms with Crippen LogP contribution >= 0.6 is 0 Å². The molecule has 666 valence electrons. The number of nitrogens with zero attached hydrogens (tertiary/aromatic N) is 12. The summed E-state index contributed by atoms with van der Waals surface area (Å²) in [5.74, 6) is 4.96. The van der Waals surface area contributed by atoms with Crippen molar-refractivity contribution < 1.29 is 24.3 Å². The Morgan fingerprint density at radius 2 is 0.940 bits per heavy atom. The highest BCUT2D eigenvalue weighted by molar-refractivity contribution is 6.07. The van der Waals surface area contributed by atoms with Crippen LogP contribution in [-0.4, -0.2) is 147 Å². The number of aliphatic hydroxyl groups excluding tert-OH is 1. The van der Waals surface area contributed by atoms with E-state index in [-0.39, 0.29) is 58.8 Å². The minimum atomic E-state index is -0.257. The number of amides is 3. The van der Waals surface area contributed by atoms with E-state index >= 15 is 0 Å². The number of H-pyrrole nitrogens is 8. The maximum Gasteiger partial charge on any atom is 0.323 e. The minimum absolute atomic E-state index is 0.0842. The number of Topliss-reactive ketones (excluding diaryl/α,β-unsaturated/α-hetero) is 1. The molecule has 3 amide bonds. The second-order valence-electron chi connectivity index (χ2n) is 32.9. The van der Waals surface area contributed by atoms with Crippen molar-refractivity contribution in [2.24, 2.45) is 7.05 Å². The molecule has 14 N–H and O–H groups in total. The monoisotopic (exact) mass is 1770 g/mol. The Balaban J connectivity index is 0.000000108. The molecule has 133 heavy (non-hydrogen) atoms. The van der Waals surface area contributed by atoms with Crippen molar-refractivity contribution >= 4 is 140 Å². The van der Waals surface area contributed by atoms with Crippen LogP contribution in [0.3, 0.4) is 0 Å². The first-order valence-corrected chi connectivity index (χ1v) is 43.5. The lowest BCUT2D eigenvalue weighted by Crippen LogP contribution is -2.17. The van der Waals surface area contributed by atoms with Gasteiger partial charge in [0.05, 0.1) is 117 Å². The highest BCUT2D eigenvalue weighted by Crippen LogP contribution is 2.40. The van der Waals surface area contributed by atoms with Crippen molar-refractivity contribution in [2.45, 2.75) is 84.2 Å². The molecule has 1 fully saturated rings. The summed E-state index contributed by atoms with van der Waals surface area (Å²) in [6.45, 7) is 9.77. The van der Waals surface area contributed by atoms with E-state index in [1.165, 1.54) is 19.3 Å². The van der Waals surface area contributed by atoms with Crippen LogP contribution in [0.4, 0.5) is 11.4 Å². The minimum Gasteiger partial charge on any atom is -0.388 e. The van der Waals surface area contributed by atoms with Gasteiger partial charge in [0.25, 0.3) is 17.7 Å². The molecule has 0 atom stereocenters. The molecule has 0 spiro atoms. The van der Waals surface area contributed by atoms with Crippen molar-refractivity contribution in [1.82, 2.24) is 113 Å². The third kappa shape index (κ3) is 16.4. The van der Waals surface area contributed by atoms with E-state index in [0.717, 1.165) is 176 Å². The number of fused-ring (bicyclic) bond motifs is 10. The van der Waals surface area contributed by atoms with Gasteiger partial charge in [-0.1, -0.05) is 83.0 Å². The molecule has 23 rings (SSSR count). The fraction of sp³-hybridized carbons (Fsp3) is 0.172. The molecule has 0 unspecified atom stereocenters. The number of carbonyl (C=O) groups is 4. The van der Waals surface area contributed by atoms with Gasteiger partial charge in [0.2, 0.25) is 0 Å². The van der Waals surface area contributed by atoms with Crippen LogP contribution in [0.5, 0.6) is 0 Å². The predicted octanol–water partition coefficient (Wildman–Crippen LogP) is 15.2. The first kappa shape index (κ1) is 85.2. The number of ketones is 1. The first-order chi connectivity index (χ1) is 64.5.